The highest BCUT2D eigenvalue weighted by molar-refractivity contribution is 5.49. The number of piperazine rings is 1. The van der Waals surface area contributed by atoms with Crippen molar-refractivity contribution in [2.75, 3.05) is 53.5 Å². The molecule has 128 valence electrons. The molecule has 1 atom stereocenters. The van der Waals surface area contributed by atoms with Crippen molar-refractivity contribution < 1.29 is 9.47 Å². The third-order valence-electron chi connectivity index (χ3n) is 5.21. The van der Waals surface area contributed by atoms with E-state index < -0.39 is 0 Å². The smallest absolute Gasteiger partial charge is 0.129 e. The van der Waals surface area contributed by atoms with Crippen molar-refractivity contribution in [1.82, 2.24) is 15.1 Å². The molecule has 0 unspecified atom stereocenters. The summed E-state index contributed by atoms with van der Waals surface area (Å²) >= 11 is 0. The minimum absolute atomic E-state index is 0.745. The van der Waals surface area contributed by atoms with Crippen LogP contribution in [0.5, 0.6) is 11.5 Å². The fourth-order valence-corrected chi connectivity index (χ4v) is 3.84. The lowest BCUT2D eigenvalue weighted by Gasteiger charge is -2.38. The predicted octanol–water partition coefficient (Wildman–Crippen LogP) is 1.49. The molecule has 1 aromatic rings. The van der Waals surface area contributed by atoms with Gasteiger partial charge in [0.1, 0.15) is 11.5 Å². The summed E-state index contributed by atoms with van der Waals surface area (Å²) in [7, 11) is 3.45. The van der Waals surface area contributed by atoms with Crippen molar-refractivity contribution in [2.24, 2.45) is 0 Å². The van der Waals surface area contributed by atoms with Gasteiger partial charge in [-0.1, -0.05) is 6.07 Å². The molecule has 0 aliphatic carbocycles. The van der Waals surface area contributed by atoms with Crippen LogP contribution in [0, 0.1) is 6.92 Å². The first-order chi connectivity index (χ1) is 11.2. The molecule has 5 heteroatoms. The Kier molecular flexibility index (Phi) is 5.41. The zero-order valence-electron chi connectivity index (χ0n) is 14.6. The van der Waals surface area contributed by atoms with E-state index in [1.54, 1.807) is 14.2 Å². The van der Waals surface area contributed by atoms with Crippen LogP contribution >= 0.6 is 0 Å². The number of nitrogens with zero attached hydrogens (tertiary/aromatic N) is 2. The maximum Gasteiger partial charge on any atom is 0.129 e. The van der Waals surface area contributed by atoms with Crippen LogP contribution in [0.25, 0.3) is 0 Å². The Labute approximate surface area is 139 Å². The third kappa shape index (κ3) is 3.62. The van der Waals surface area contributed by atoms with Gasteiger partial charge in [-0.05, 0) is 26.0 Å². The number of benzene rings is 1. The van der Waals surface area contributed by atoms with E-state index in [0.717, 1.165) is 49.3 Å². The first-order valence-electron chi connectivity index (χ1n) is 8.60. The lowest BCUT2D eigenvalue weighted by Crippen LogP contribution is -2.50. The Morgan fingerprint density at radius 2 is 1.91 bits per heavy atom. The van der Waals surface area contributed by atoms with E-state index in [-0.39, 0.29) is 0 Å². The minimum Gasteiger partial charge on any atom is -0.496 e. The highest BCUT2D eigenvalue weighted by atomic mass is 16.5. The molecule has 0 aromatic heterocycles. The number of hydrogen-bond donors (Lipinski definition) is 1. The van der Waals surface area contributed by atoms with Crippen LogP contribution in [0.15, 0.2) is 12.1 Å². The molecule has 2 aliphatic rings. The number of nitrogens with one attached hydrogen (secondary N) is 1. The van der Waals surface area contributed by atoms with E-state index in [1.807, 2.05) is 6.07 Å². The van der Waals surface area contributed by atoms with E-state index in [4.69, 9.17) is 9.47 Å². The van der Waals surface area contributed by atoms with E-state index in [9.17, 15) is 0 Å². The summed E-state index contributed by atoms with van der Waals surface area (Å²) in [6, 6.07) is 4.93. The summed E-state index contributed by atoms with van der Waals surface area (Å²) in [5.41, 5.74) is 2.34. The molecule has 2 heterocycles. The Morgan fingerprint density at radius 3 is 2.52 bits per heavy atom. The van der Waals surface area contributed by atoms with Gasteiger partial charge in [0.2, 0.25) is 0 Å². The van der Waals surface area contributed by atoms with E-state index >= 15 is 0 Å². The Hall–Kier alpha value is -1.30. The monoisotopic (exact) mass is 319 g/mol. The Morgan fingerprint density at radius 1 is 1.13 bits per heavy atom. The van der Waals surface area contributed by atoms with Crippen molar-refractivity contribution in [3.63, 3.8) is 0 Å². The highest BCUT2D eigenvalue weighted by Crippen LogP contribution is 2.32. The lowest BCUT2D eigenvalue weighted by atomic mass is 10.1. The van der Waals surface area contributed by atoms with Gasteiger partial charge in [-0.25, -0.2) is 0 Å². The number of methoxy groups -OCH3 is 2. The molecule has 3 rings (SSSR count). The van der Waals surface area contributed by atoms with Gasteiger partial charge in [-0.15, -0.1) is 0 Å². The fourth-order valence-electron chi connectivity index (χ4n) is 3.84. The van der Waals surface area contributed by atoms with Crippen molar-refractivity contribution in [1.29, 1.82) is 0 Å². The van der Waals surface area contributed by atoms with Crippen molar-refractivity contribution >= 4 is 0 Å². The zero-order valence-corrected chi connectivity index (χ0v) is 14.6. The SMILES string of the molecule is COc1ccc(CN2CCN([C@H]3CCNC3)CC2)c(OC)c1C. The van der Waals surface area contributed by atoms with Gasteiger partial charge in [0, 0.05) is 56.4 Å². The molecule has 0 amide bonds. The summed E-state index contributed by atoms with van der Waals surface area (Å²) in [6.45, 7) is 9.94. The van der Waals surface area contributed by atoms with Gasteiger partial charge in [0.05, 0.1) is 14.2 Å². The van der Waals surface area contributed by atoms with Gasteiger partial charge in [-0.2, -0.15) is 0 Å². The van der Waals surface area contributed by atoms with Crippen LogP contribution in [0.1, 0.15) is 17.5 Å². The predicted molar refractivity (Wildman–Crippen MR) is 92.4 cm³/mol. The standard InChI is InChI=1S/C18H29N3O2/c1-14-17(22-2)5-4-15(18(14)23-3)13-20-8-10-21(11-9-20)16-6-7-19-12-16/h4-5,16,19H,6-13H2,1-3H3/t16-/m0/s1. The largest absolute Gasteiger partial charge is 0.496 e. The second-order valence-electron chi connectivity index (χ2n) is 6.54. The summed E-state index contributed by atoms with van der Waals surface area (Å²) < 4.78 is 11.0. The van der Waals surface area contributed by atoms with Crippen molar-refractivity contribution in [2.45, 2.75) is 25.9 Å². The van der Waals surface area contributed by atoms with Crippen LogP contribution in [0.2, 0.25) is 0 Å². The third-order valence-corrected chi connectivity index (χ3v) is 5.21. The highest BCUT2D eigenvalue weighted by Gasteiger charge is 2.26. The average molecular weight is 319 g/mol. The second kappa shape index (κ2) is 7.51. The molecule has 23 heavy (non-hydrogen) atoms. The molecule has 0 spiro atoms. The number of ether oxygens (including phenoxy) is 2. The fraction of sp³-hybridized carbons (Fsp3) is 0.667. The van der Waals surface area contributed by atoms with Crippen molar-refractivity contribution in [3.05, 3.63) is 23.3 Å². The molecule has 0 bridgehead atoms. The average Bonchev–Trinajstić information content (AvgIpc) is 3.10. The first kappa shape index (κ1) is 16.6. The van der Waals surface area contributed by atoms with Gasteiger partial charge in [0.15, 0.2) is 0 Å². The quantitative estimate of drug-likeness (QED) is 0.890. The van der Waals surface area contributed by atoms with E-state index in [1.165, 1.54) is 31.6 Å². The minimum atomic E-state index is 0.745. The van der Waals surface area contributed by atoms with Crippen LogP contribution in [-0.2, 0) is 6.54 Å². The zero-order chi connectivity index (χ0) is 16.2. The van der Waals surface area contributed by atoms with Crippen LogP contribution in [0.3, 0.4) is 0 Å². The van der Waals surface area contributed by atoms with Crippen LogP contribution in [0.4, 0.5) is 0 Å². The molecular weight excluding hydrogens is 290 g/mol. The molecule has 5 nitrogen and oxygen atoms in total. The summed E-state index contributed by atoms with van der Waals surface area (Å²) in [5.74, 6) is 1.86. The van der Waals surface area contributed by atoms with Crippen LogP contribution < -0.4 is 14.8 Å². The van der Waals surface area contributed by atoms with Gasteiger partial charge in [0.25, 0.3) is 0 Å². The van der Waals surface area contributed by atoms with Crippen molar-refractivity contribution in [3.8, 4) is 11.5 Å². The molecule has 1 N–H and O–H groups in total. The number of hydrogen-bond acceptors (Lipinski definition) is 5. The topological polar surface area (TPSA) is 37.0 Å². The maximum absolute atomic E-state index is 5.64. The normalized spacial score (nSPS) is 23.2. The molecule has 2 fully saturated rings. The summed E-state index contributed by atoms with van der Waals surface area (Å²) in [4.78, 5) is 5.18. The molecule has 0 radical (unpaired) electrons. The van der Waals surface area contributed by atoms with Gasteiger partial charge >= 0.3 is 0 Å². The first-order valence-corrected chi connectivity index (χ1v) is 8.60. The molecule has 2 saturated heterocycles. The molecule has 0 saturated carbocycles. The number of rotatable bonds is 5. The van der Waals surface area contributed by atoms with Gasteiger partial charge < -0.3 is 14.8 Å². The Balaban J connectivity index is 1.61. The summed E-state index contributed by atoms with van der Waals surface area (Å²) in [5, 5.41) is 3.47. The van der Waals surface area contributed by atoms with Crippen LogP contribution in [-0.4, -0.2) is 69.3 Å². The van der Waals surface area contributed by atoms with E-state index in [2.05, 4.69) is 28.1 Å². The maximum atomic E-state index is 5.64. The van der Waals surface area contributed by atoms with Gasteiger partial charge in [-0.3, -0.25) is 9.80 Å². The van der Waals surface area contributed by atoms with E-state index in [0.29, 0.717) is 0 Å². The molecule has 2 aliphatic heterocycles. The molecule has 1 aromatic carbocycles. The Bertz CT molecular complexity index is 521. The second-order valence-corrected chi connectivity index (χ2v) is 6.54. The molecular formula is C18H29N3O2. The summed E-state index contributed by atoms with van der Waals surface area (Å²) in [6.07, 6.45) is 1.30. The lowest BCUT2D eigenvalue weighted by molar-refractivity contribution is 0.0975.